The normalized spacial score (nSPS) is 17.0. The van der Waals surface area contributed by atoms with Crippen LogP contribution in [0.1, 0.15) is 25.7 Å². The molecule has 0 spiro atoms. The van der Waals surface area contributed by atoms with E-state index in [4.69, 9.17) is 9.26 Å². The van der Waals surface area contributed by atoms with Crippen molar-refractivity contribution in [3.63, 3.8) is 0 Å². The Morgan fingerprint density at radius 2 is 1.73 bits per heavy atom. The topological polar surface area (TPSA) is 80.5 Å². The van der Waals surface area contributed by atoms with E-state index in [1.807, 2.05) is 54.6 Å². The minimum atomic E-state index is 0.0262. The average molecular weight is 404 g/mol. The van der Waals surface area contributed by atoms with Gasteiger partial charge < -0.3 is 19.5 Å². The van der Waals surface area contributed by atoms with Gasteiger partial charge in [-0.25, -0.2) is 4.79 Å². The predicted octanol–water partition coefficient (Wildman–Crippen LogP) is 4.12. The van der Waals surface area contributed by atoms with E-state index in [0.717, 1.165) is 29.7 Å². The molecule has 1 aliphatic carbocycles. The summed E-state index contributed by atoms with van der Waals surface area (Å²) in [6.45, 7) is 1.23. The lowest BCUT2D eigenvalue weighted by Gasteiger charge is -2.39. The zero-order valence-corrected chi connectivity index (χ0v) is 16.7. The summed E-state index contributed by atoms with van der Waals surface area (Å²) in [5.41, 5.74) is 1.75. The summed E-state index contributed by atoms with van der Waals surface area (Å²) < 4.78 is 11.4. The number of nitrogens with zero attached hydrogens (tertiary/aromatic N) is 3. The molecule has 2 heterocycles. The molecule has 1 aliphatic heterocycles. The third kappa shape index (κ3) is 4.01. The van der Waals surface area contributed by atoms with Crippen molar-refractivity contribution in [2.45, 2.75) is 37.8 Å². The highest BCUT2D eigenvalue weighted by atomic mass is 16.5. The molecule has 2 amide bonds. The monoisotopic (exact) mass is 404 g/mol. The fraction of sp³-hybridized carbons (Fsp3) is 0.348. The number of hydrogen-bond acceptors (Lipinski definition) is 5. The Bertz CT molecular complexity index is 991. The van der Waals surface area contributed by atoms with Crippen LogP contribution < -0.4 is 10.1 Å². The maximum atomic E-state index is 12.2. The number of likely N-dealkylation sites (tertiary alicyclic amines) is 1. The van der Waals surface area contributed by atoms with Gasteiger partial charge in [0.1, 0.15) is 11.9 Å². The van der Waals surface area contributed by atoms with Crippen molar-refractivity contribution >= 4 is 6.03 Å². The van der Waals surface area contributed by atoms with Gasteiger partial charge in [-0.05, 0) is 37.1 Å². The molecule has 2 aliphatic rings. The van der Waals surface area contributed by atoms with Crippen LogP contribution in [0.5, 0.6) is 5.75 Å². The molecule has 0 radical (unpaired) electrons. The first-order valence-electron chi connectivity index (χ1n) is 10.5. The first kappa shape index (κ1) is 18.7. The molecule has 2 aromatic carbocycles. The van der Waals surface area contributed by atoms with E-state index in [1.54, 1.807) is 4.90 Å². The second-order valence-electron chi connectivity index (χ2n) is 7.89. The minimum absolute atomic E-state index is 0.0262. The number of nitrogens with one attached hydrogen (secondary N) is 1. The molecule has 1 saturated carbocycles. The van der Waals surface area contributed by atoms with E-state index >= 15 is 0 Å². The average Bonchev–Trinajstić information content (AvgIpc) is 3.44. The van der Waals surface area contributed by atoms with Gasteiger partial charge in [0.15, 0.2) is 0 Å². The molecule has 154 valence electrons. The van der Waals surface area contributed by atoms with Crippen molar-refractivity contribution in [3.05, 3.63) is 54.6 Å². The fourth-order valence-electron chi connectivity index (χ4n) is 3.93. The fourth-order valence-corrected chi connectivity index (χ4v) is 3.93. The van der Waals surface area contributed by atoms with E-state index in [1.165, 1.54) is 12.8 Å². The molecule has 0 unspecified atom stereocenters. The van der Waals surface area contributed by atoms with Gasteiger partial charge in [-0.3, -0.25) is 0 Å². The number of ether oxygens (including phenoxy) is 1. The summed E-state index contributed by atoms with van der Waals surface area (Å²) in [5.74, 6) is 1.80. The molecule has 2 fully saturated rings. The summed E-state index contributed by atoms with van der Waals surface area (Å²) in [6.07, 6.45) is 4.64. The van der Waals surface area contributed by atoms with E-state index in [2.05, 4.69) is 15.5 Å². The SMILES string of the molecule is O=C(NC1CCCC1)N1CC(Oc2ccc(-c3nc(-c4ccccc4)no3)cc2)C1. The molecule has 30 heavy (non-hydrogen) atoms. The Hall–Kier alpha value is -3.35. The van der Waals surface area contributed by atoms with Gasteiger partial charge in [-0.2, -0.15) is 4.98 Å². The highest BCUT2D eigenvalue weighted by Gasteiger charge is 2.33. The summed E-state index contributed by atoms with van der Waals surface area (Å²) in [6, 6.07) is 17.7. The number of hydrogen-bond donors (Lipinski definition) is 1. The predicted molar refractivity (Wildman–Crippen MR) is 112 cm³/mol. The van der Waals surface area contributed by atoms with Crippen LogP contribution in [-0.2, 0) is 0 Å². The highest BCUT2D eigenvalue weighted by Crippen LogP contribution is 2.26. The van der Waals surface area contributed by atoms with Crippen LogP contribution in [0.15, 0.2) is 59.1 Å². The maximum absolute atomic E-state index is 12.2. The van der Waals surface area contributed by atoms with Crippen LogP contribution >= 0.6 is 0 Å². The minimum Gasteiger partial charge on any atom is -0.487 e. The molecular formula is C23H24N4O3. The molecule has 7 heteroatoms. The standard InChI is InChI=1S/C23H24N4O3/c28-23(24-18-8-4-5-9-18)27-14-20(15-27)29-19-12-10-17(11-13-19)22-25-21(26-30-22)16-6-2-1-3-7-16/h1-3,6-7,10-13,18,20H,4-5,8-9,14-15H2,(H,24,28). The summed E-state index contributed by atoms with van der Waals surface area (Å²) in [7, 11) is 0. The number of carbonyl (C=O) groups excluding carboxylic acids is 1. The van der Waals surface area contributed by atoms with Crippen LogP contribution in [0.4, 0.5) is 4.79 Å². The third-order valence-corrected chi connectivity index (χ3v) is 5.68. The first-order valence-corrected chi connectivity index (χ1v) is 10.5. The van der Waals surface area contributed by atoms with Gasteiger partial charge >= 0.3 is 6.03 Å². The van der Waals surface area contributed by atoms with Gasteiger partial charge in [0.25, 0.3) is 5.89 Å². The quantitative estimate of drug-likeness (QED) is 0.692. The largest absolute Gasteiger partial charge is 0.487 e. The van der Waals surface area contributed by atoms with Crippen LogP contribution in [-0.4, -0.2) is 46.3 Å². The van der Waals surface area contributed by atoms with Gasteiger partial charge in [0.05, 0.1) is 13.1 Å². The lowest BCUT2D eigenvalue weighted by Crippen LogP contribution is -2.59. The van der Waals surface area contributed by atoms with Gasteiger partial charge in [0.2, 0.25) is 5.82 Å². The van der Waals surface area contributed by atoms with Crippen LogP contribution in [0.3, 0.4) is 0 Å². The maximum Gasteiger partial charge on any atom is 0.317 e. The number of benzene rings is 2. The molecule has 7 nitrogen and oxygen atoms in total. The number of amides is 2. The third-order valence-electron chi connectivity index (χ3n) is 5.68. The number of urea groups is 1. The van der Waals surface area contributed by atoms with E-state index in [9.17, 15) is 4.79 Å². The van der Waals surface area contributed by atoms with Gasteiger partial charge in [0, 0.05) is 17.2 Å². The highest BCUT2D eigenvalue weighted by molar-refractivity contribution is 5.75. The molecule has 0 bridgehead atoms. The van der Waals surface area contributed by atoms with E-state index in [-0.39, 0.29) is 12.1 Å². The van der Waals surface area contributed by atoms with Crippen molar-refractivity contribution in [3.8, 4) is 28.6 Å². The zero-order valence-electron chi connectivity index (χ0n) is 16.7. The molecular weight excluding hydrogens is 380 g/mol. The molecule has 5 rings (SSSR count). The van der Waals surface area contributed by atoms with Crippen LogP contribution in [0.2, 0.25) is 0 Å². The molecule has 0 atom stereocenters. The molecule has 1 saturated heterocycles. The number of rotatable bonds is 5. The first-order chi connectivity index (χ1) is 14.7. The van der Waals surface area contributed by atoms with Crippen LogP contribution in [0, 0.1) is 0 Å². The van der Waals surface area contributed by atoms with Crippen molar-refractivity contribution in [2.75, 3.05) is 13.1 Å². The zero-order chi connectivity index (χ0) is 20.3. The Kier molecular flexibility index (Phi) is 5.09. The van der Waals surface area contributed by atoms with Crippen molar-refractivity contribution in [1.29, 1.82) is 0 Å². The number of carbonyl (C=O) groups is 1. The molecule has 3 aromatic rings. The lowest BCUT2D eigenvalue weighted by molar-refractivity contribution is 0.0435. The molecule has 1 N–H and O–H groups in total. The van der Waals surface area contributed by atoms with Crippen molar-refractivity contribution < 1.29 is 14.1 Å². The van der Waals surface area contributed by atoms with Gasteiger partial charge in [-0.15, -0.1) is 0 Å². The van der Waals surface area contributed by atoms with E-state index in [0.29, 0.717) is 30.8 Å². The van der Waals surface area contributed by atoms with Crippen molar-refractivity contribution in [2.24, 2.45) is 0 Å². The van der Waals surface area contributed by atoms with E-state index < -0.39 is 0 Å². The Balaban J connectivity index is 1.14. The molecule has 1 aromatic heterocycles. The Morgan fingerprint density at radius 1 is 1.00 bits per heavy atom. The summed E-state index contributed by atoms with van der Waals surface area (Å²) in [4.78, 5) is 18.5. The number of aromatic nitrogens is 2. The Morgan fingerprint density at radius 3 is 2.47 bits per heavy atom. The smallest absolute Gasteiger partial charge is 0.317 e. The second-order valence-corrected chi connectivity index (χ2v) is 7.89. The summed E-state index contributed by atoms with van der Waals surface area (Å²) >= 11 is 0. The van der Waals surface area contributed by atoms with Crippen LogP contribution in [0.25, 0.3) is 22.8 Å². The lowest BCUT2D eigenvalue weighted by atomic mass is 10.1. The Labute approximate surface area is 175 Å². The van der Waals surface area contributed by atoms with Crippen molar-refractivity contribution in [1.82, 2.24) is 20.4 Å². The second kappa shape index (κ2) is 8.18. The summed E-state index contributed by atoms with van der Waals surface area (Å²) in [5, 5.41) is 7.17. The van der Waals surface area contributed by atoms with Gasteiger partial charge in [-0.1, -0.05) is 48.3 Å².